The largest absolute Gasteiger partial charge is 0.317 e. The summed E-state index contributed by atoms with van der Waals surface area (Å²) in [6.45, 7) is 4.50. The Bertz CT molecular complexity index is 263. The van der Waals surface area contributed by atoms with Crippen molar-refractivity contribution in [3.8, 4) is 0 Å². The molecule has 3 heteroatoms. The van der Waals surface area contributed by atoms with Crippen LogP contribution >= 0.6 is 0 Å². The maximum absolute atomic E-state index is 4.39. The highest BCUT2D eigenvalue weighted by atomic mass is 15.2. The van der Waals surface area contributed by atoms with E-state index in [9.17, 15) is 0 Å². The van der Waals surface area contributed by atoms with Crippen molar-refractivity contribution in [1.29, 1.82) is 0 Å². The van der Waals surface area contributed by atoms with Gasteiger partial charge in [-0.2, -0.15) is 5.10 Å². The summed E-state index contributed by atoms with van der Waals surface area (Å²) < 4.78 is 1.86. The molecule has 1 heterocycles. The standard InChI is InChI=1S/C11H21N3/c1-5-11(12-3)9(2)8-10-6-7-14(4)13-10/h6-7,9,11-12H,5,8H2,1-4H3. The molecule has 3 nitrogen and oxygen atoms in total. The summed E-state index contributed by atoms with van der Waals surface area (Å²) in [7, 11) is 3.99. The number of nitrogens with zero attached hydrogens (tertiary/aromatic N) is 2. The summed E-state index contributed by atoms with van der Waals surface area (Å²) in [5.74, 6) is 0.639. The van der Waals surface area contributed by atoms with Gasteiger partial charge >= 0.3 is 0 Å². The molecule has 0 bridgehead atoms. The molecule has 0 saturated carbocycles. The highest BCUT2D eigenvalue weighted by molar-refractivity contribution is 5.00. The fourth-order valence-corrected chi connectivity index (χ4v) is 1.94. The Hall–Kier alpha value is -0.830. The third-order valence-corrected chi connectivity index (χ3v) is 2.80. The molecule has 0 aliphatic heterocycles. The van der Waals surface area contributed by atoms with Crippen LogP contribution in [-0.4, -0.2) is 22.9 Å². The molecule has 0 aromatic carbocycles. The first kappa shape index (κ1) is 11.2. The molecule has 1 aromatic heterocycles. The van der Waals surface area contributed by atoms with E-state index in [-0.39, 0.29) is 0 Å². The van der Waals surface area contributed by atoms with E-state index in [1.165, 1.54) is 12.1 Å². The molecule has 1 rings (SSSR count). The minimum atomic E-state index is 0.594. The summed E-state index contributed by atoms with van der Waals surface area (Å²) in [4.78, 5) is 0. The third kappa shape index (κ3) is 2.84. The second kappa shape index (κ2) is 5.15. The van der Waals surface area contributed by atoms with Crippen LogP contribution in [0.3, 0.4) is 0 Å². The van der Waals surface area contributed by atoms with Gasteiger partial charge in [0.2, 0.25) is 0 Å². The second-order valence-electron chi connectivity index (χ2n) is 3.97. The number of aryl methyl sites for hydroxylation is 1. The molecule has 0 spiro atoms. The van der Waals surface area contributed by atoms with Crippen molar-refractivity contribution < 1.29 is 0 Å². The summed E-state index contributed by atoms with van der Waals surface area (Å²) in [6.07, 6.45) is 4.23. The van der Waals surface area contributed by atoms with Crippen molar-refractivity contribution in [2.75, 3.05) is 7.05 Å². The second-order valence-corrected chi connectivity index (χ2v) is 3.97. The average Bonchev–Trinajstić information content (AvgIpc) is 2.53. The summed E-state index contributed by atoms with van der Waals surface area (Å²) in [5, 5.41) is 7.73. The average molecular weight is 195 g/mol. The summed E-state index contributed by atoms with van der Waals surface area (Å²) >= 11 is 0. The van der Waals surface area contributed by atoms with Crippen molar-refractivity contribution in [3.63, 3.8) is 0 Å². The van der Waals surface area contributed by atoms with Crippen LogP contribution in [-0.2, 0) is 13.5 Å². The molecule has 2 atom stereocenters. The predicted molar refractivity (Wildman–Crippen MR) is 59.2 cm³/mol. The van der Waals surface area contributed by atoms with Crippen molar-refractivity contribution >= 4 is 0 Å². The highest BCUT2D eigenvalue weighted by Gasteiger charge is 2.14. The van der Waals surface area contributed by atoms with Crippen molar-refractivity contribution in [1.82, 2.24) is 15.1 Å². The van der Waals surface area contributed by atoms with Gasteiger partial charge in [-0.05, 0) is 31.9 Å². The number of hydrogen-bond acceptors (Lipinski definition) is 2. The molecular weight excluding hydrogens is 174 g/mol. The first-order valence-corrected chi connectivity index (χ1v) is 5.33. The van der Waals surface area contributed by atoms with E-state index < -0.39 is 0 Å². The van der Waals surface area contributed by atoms with Crippen LogP contribution in [0, 0.1) is 5.92 Å². The maximum Gasteiger partial charge on any atom is 0.0627 e. The van der Waals surface area contributed by atoms with Gasteiger partial charge in [0.1, 0.15) is 0 Å². The number of rotatable bonds is 5. The molecular formula is C11H21N3. The highest BCUT2D eigenvalue weighted by Crippen LogP contribution is 2.12. The number of hydrogen-bond donors (Lipinski definition) is 1. The minimum absolute atomic E-state index is 0.594. The molecule has 1 aromatic rings. The smallest absolute Gasteiger partial charge is 0.0627 e. The van der Waals surface area contributed by atoms with Crippen molar-refractivity contribution in [3.05, 3.63) is 18.0 Å². The maximum atomic E-state index is 4.39. The molecule has 0 aliphatic carbocycles. The molecule has 0 radical (unpaired) electrons. The molecule has 2 unspecified atom stereocenters. The van der Waals surface area contributed by atoms with E-state index in [1.807, 2.05) is 25.0 Å². The van der Waals surface area contributed by atoms with Crippen LogP contribution in [0.5, 0.6) is 0 Å². The van der Waals surface area contributed by atoms with Gasteiger partial charge in [-0.3, -0.25) is 4.68 Å². The zero-order chi connectivity index (χ0) is 10.6. The summed E-state index contributed by atoms with van der Waals surface area (Å²) in [5.41, 5.74) is 1.19. The Morgan fingerprint density at radius 2 is 2.29 bits per heavy atom. The monoisotopic (exact) mass is 195 g/mol. The Morgan fingerprint density at radius 1 is 1.57 bits per heavy atom. The van der Waals surface area contributed by atoms with Crippen molar-refractivity contribution in [2.45, 2.75) is 32.7 Å². The lowest BCUT2D eigenvalue weighted by Gasteiger charge is -2.21. The number of aromatic nitrogens is 2. The lowest BCUT2D eigenvalue weighted by atomic mass is 9.95. The molecule has 1 N–H and O–H groups in total. The van der Waals surface area contributed by atoms with Gasteiger partial charge in [0.15, 0.2) is 0 Å². The van der Waals surface area contributed by atoms with E-state index in [4.69, 9.17) is 0 Å². The SMILES string of the molecule is CCC(NC)C(C)Cc1ccn(C)n1. The van der Waals surface area contributed by atoms with Gasteiger partial charge in [0.25, 0.3) is 0 Å². The third-order valence-electron chi connectivity index (χ3n) is 2.80. The van der Waals surface area contributed by atoms with Crippen LogP contribution in [0.15, 0.2) is 12.3 Å². The van der Waals surface area contributed by atoms with Gasteiger partial charge in [0.05, 0.1) is 5.69 Å². The van der Waals surface area contributed by atoms with Crippen LogP contribution < -0.4 is 5.32 Å². The fourth-order valence-electron chi connectivity index (χ4n) is 1.94. The van der Waals surface area contributed by atoms with Crippen molar-refractivity contribution in [2.24, 2.45) is 13.0 Å². The van der Waals surface area contributed by atoms with Gasteiger partial charge < -0.3 is 5.32 Å². The van der Waals surface area contributed by atoms with Crippen LogP contribution in [0.25, 0.3) is 0 Å². The first-order valence-electron chi connectivity index (χ1n) is 5.33. The Labute approximate surface area is 86.5 Å². The van der Waals surface area contributed by atoms with Crippen LogP contribution in [0.2, 0.25) is 0 Å². The van der Waals surface area contributed by atoms with E-state index in [1.54, 1.807) is 0 Å². The molecule has 0 fully saturated rings. The Morgan fingerprint density at radius 3 is 2.71 bits per heavy atom. The van der Waals surface area contributed by atoms with E-state index in [2.05, 4.69) is 30.3 Å². The van der Waals surface area contributed by atoms with E-state index >= 15 is 0 Å². The zero-order valence-corrected chi connectivity index (χ0v) is 9.62. The normalized spacial score (nSPS) is 15.4. The van der Waals surface area contributed by atoms with E-state index in [0.29, 0.717) is 12.0 Å². The molecule has 0 saturated heterocycles. The van der Waals surface area contributed by atoms with Crippen LogP contribution in [0.1, 0.15) is 26.0 Å². The fraction of sp³-hybridized carbons (Fsp3) is 0.727. The predicted octanol–water partition coefficient (Wildman–Crippen LogP) is 1.60. The van der Waals surface area contributed by atoms with Crippen LogP contribution in [0.4, 0.5) is 0 Å². The molecule has 0 amide bonds. The quantitative estimate of drug-likeness (QED) is 0.773. The molecule has 0 aliphatic rings. The Kier molecular flexibility index (Phi) is 4.14. The van der Waals surface area contributed by atoms with Gasteiger partial charge in [-0.25, -0.2) is 0 Å². The lowest BCUT2D eigenvalue weighted by molar-refractivity contribution is 0.383. The number of nitrogens with one attached hydrogen (secondary N) is 1. The zero-order valence-electron chi connectivity index (χ0n) is 9.62. The molecule has 80 valence electrons. The minimum Gasteiger partial charge on any atom is -0.317 e. The van der Waals surface area contributed by atoms with E-state index in [0.717, 1.165) is 6.42 Å². The Balaban J connectivity index is 2.51. The van der Waals surface area contributed by atoms with Gasteiger partial charge in [-0.1, -0.05) is 13.8 Å². The molecule has 14 heavy (non-hydrogen) atoms. The topological polar surface area (TPSA) is 29.9 Å². The summed E-state index contributed by atoms with van der Waals surface area (Å²) in [6, 6.07) is 2.69. The first-order chi connectivity index (χ1) is 6.67. The van der Waals surface area contributed by atoms with Gasteiger partial charge in [-0.15, -0.1) is 0 Å². The lowest BCUT2D eigenvalue weighted by Crippen LogP contribution is -2.32. The van der Waals surface area contributed by atoms with Gasteiger partial charge in [0, 0.05) is 19.3 Å².